The van der Waals surface area contributed by atoms with Crippen LogP contribution in [-0.4, -0.2) is 83.5 Å². The third-order valence-corrected chi connectivity index (χ3v) is 13.9. The van der Waals surface area contributed by atoms with E-state index in [1.165, 1.54) is 40.5 Å². The summed E-state index contributed by atoms with van der Waals surface area (Å²) in [5, 5.41) is 7.94. The Hall–Kier alpha value is -5.06. The molecule has 2 saturated carbocycles. The molecule has 2 aliphatic carbocycles. The molecule has 2 aromatic carbocycles. The van der Waals surface area contributed by atoms with Crippen molar-refractivity contribution in [1.82, 2.24) is 30.2 Å². The molecule has 4 heterocycles. The van der Waals surface area contributed by atoms with Crippen molar-refractivity contribution in [2.75, 3.05) is 6.54 Å². The number of alkyl carbamates (subject to hydrolysis) is 1. The highest BCUT2D eigenvalue weighted by molar-refractivity contribution is 7.90. The molecule has 1 saturated heterocycles. The van der Waals surface area contributed by atoms with Gasteiger partial charge in [0.15, 0.2) is 0 Å². The standard InChI is InChI=1S/C42H45ClN6O8S2/c43-27-18-20-30(21-19-27)59(54,55)48-40(52)42-24-26(42)11-4-2-1-3-5-16-33(46-41(53)57-28-12-6-7-13-28)39(51)49-25-29(23-34(49)37(50)47-42)56-38-36(35-17-10-22-58-35)44-31-14-8-9-15-32(31)45-38/h4,8-11,14-15,17-22,26,28-29,33-34H,1-3,5-7,12-13,16,23-25H2,(H,46,53)(H,47,50)(H,48,52)/b11-4-/t26?,29-,33+,34+,42-/m1/s1. The van der Waals surface area contributed by atoms with E-state index in [-0.39, 0.29) is 36.3 Å². The Morgan fingerprint density at radius 2 is 1.66 bits per heavy atom. The number of fused-ring (bicyclic) bond motifs is 3. The Morgan fingerprint density at radius 3 is 2.41 bits per heavy atom. The minimum absolute atomic E-state index is 0.0104. The lowest BCUT2D eigenvalue weighted by molar-refractivity contribution is -0.141. The van der Waals surface area contributed by atoms with Gasteiger partial charge < -0.3 is 25.0 Å². The van der Waals surface area contributed by atoms with E-state index in [2.05, 4.69) is 15.4 Å². The fraction of sp³-hybridized carbons (Fsp3) is 0.429. The molecule has 0 bridgehead atoms. The zero-order valence-corrected chi connectivity index (χ0v) is 34.6. The highest BCUT2D eigenvalue weighted by Crippen LogP contribution is 2.46. The zero-order chi connectivity index (χ0) is 41.1. The SMILES string of the molecule is O=C(N[C@H]1CCCCC/C=C\C2C[C@@]2(C(=O)NS(=O)(=O)c2ccc(Cl)cc2)NC(=O)[C@@H]2C[C@@H](Oc3nc4ccccc4nc3-c3cccs3)CN2C1=O)OC1CCCC1. The van der Waals surface area contributed by atoms with E-state index in [1.54, 1.807) is 0 Å². The summed E-state index contributed by atoms with van der Waals surface area (Å²) in [7, 11) is -4.34. The van der Waals surface area contributed by atoms with E-state index in [4.69, 9.17) is 31.0 Å². The number of aromatic nitrogens is 2. The van der Waals surface area contributed by atoms with Gasteiger partial charge in [-0.1, -0.05) is 54.8 Å². The van der Waals surface area contributed by atoms with Gasteiger partial charge in [-0.25, -0.2) is 27.9 Å². The molecule has 8 rings (SSSR count). The van der Waals surface area contributed by atoms with E-state index >= 15 is 0 Å². The Balaban J connectivity index is 1.11. The predicted molar refractivity (Wildman–Crippen MR) is 221 cm³/mol. The molecule has 2 aliphatic heterocycles. The van der Waals surface area contributed by atoms with Crippen molar-refractivity contribution >= 4 is 67.8 Å². The molecule has 4 aliphatic rings. The summed E-state index contributed by atoms with van der Waals surface area (Å²) in [5.41, 5.74) is 0.173. The molecule has 17 heteroatoms. The molecule has 59 heavy (non-hydrogen) atoms. The van der Waals surface area contributed by atoms with Gasteiger partial charge in [-0.15, -0.1) is 11.3 Å². The lowest BCUT2D eigenvalue weighted by Crippen LogP contribution is -2.58. The van der Waals surface area contributed by atoms with Crippen LogP contribution in [0.1, 0.15) is 70.6 Å². The Morgan fingerprint density at radius 1 is 0.915 bits per heavy atom. The molecule has 3 N–H and O–H groups in total. The topological polar surface area (TPSA) is 186 Å². The lowest BCUT2D eigenvalue weighted by Gasteiger charge is -2.30. The summed E-state index contributed by atoms with van der Waals surface area (Å²) in [6.45, 7) is -0.0430. The summed E-state index contributed by atoms with van der Waals surface area (Å²) in [4.78, 5) is 68.3. The quantitative estimate of drug-likeness (QED) is 0.170. The molecule has 2 aromatic heterocycles. The van der Waals surface area contributed by atoms with Crippen LogP contribution in [0.2, 0.25) is 5.02 Å². The normalized spacial score (nSPS) is 25.8. The number of sulfonamides is 1. The molecule has 4 aromatic rings. The number of ether oxygens (including phenoxy) is 2. The summed E-state index contributed by atoms with van der Waals surface area (Å²) in [6, 6.07) is 14.4. The van der Waals surface area contributed by atoms with E-state index in [0.717, 1.165) is 43.4 Å². The molecule has 310 valence electrons. The van der Waals surface area contributed by atoms with Crippen LogP contribution in [0.15, 0.2) is 83.1 Å². The Kier molecular flexibility index (Phi) is 11.9. The van der Waals surface area contributed by atoms with Gasteiger partial charge in [0.05, 0.1) is 27.4 Å². The number of hydrogen-bond acceptors (Lipinski definition) is 11. The fourth-order valence-corrected chi connectivity index (χ4v) is 10.1. The maximum atomic E-state index is 14.7. The summed E-state index contributed by atoms with van der Waals surface area (Å²) in [5.74, 6) is -2.33. The van der Waals surface area contributed by atoms with Crippen LogP contribution < -0.4 is 20.1 Å². The second-order valence-electron chi connectivity index (χ2n) is 15.6. The van der Waals surface area contributed by atoms with Gasteiger partial charge in [0.1, 0.15) is 35.5 Å². The van der Waals surface area contributed by atoms with Gasteiger partial charge in [0, 0.05) is 17.4 Å². The Labute approximate surface area is 351 Å². The number of para-hydroxylation sites is 2. The maximum Gasteiger partial charge on any atom is 0.408 e. The Bertz CT molecular complexity index is 2360. The van der Waals surface area contributed by atoms with Crippen molar-refractivity contribution < 1.29 is 37.1 Å². The average Bonchev–Trinajstić information content (AvgIpc) is 3.71. The molecular formula is C42H45ClN6O8S2. The maximum absolute atomic E-state index is 14.7. The molecule has 0 spiro atoms. The number of carbonyl (C=O) groups is 4. The van der Waals surface area contributed by atoms with Gasteiger partial charge in [-0.05, 0) is 99.2 Å². The molecule has 0 radical (unpaired) electrons. The highest BCUT2D eigenvalue weighted by atomic mass is 35.5. The first-order valence-corrected chi connectivity index (χ1v) is 22.8. The van der Waals surface area contributed by atoms with Crippen molar-refractivity contribution in [2.24, 2.45) is 5.92 Å². The van der Waals surface area contributed by atoms with Crippen LogP contribution in [0, 0.1) is 5.92 Å². The number of allylic oxidation sites excluding steroid dienone is 1. The van der Waals surface area contributed by atoms with Crippen molar-refractivity contribution in [1.29, 1.82) is 0 Å². The van der Waals surface area contributed by atoms with E-state index in [0.29, 0.717) is 41.0 Å². The van der Waals surface area contributed by atoms with E-state index in [9.17, 15) is 27.6 Å². The molecular weight excluding hydrogens is 816 g/mol. The predicted octanol–water partition coefficient (Wildman–Crippen LogP) is 6.30. The number of hydrogen-bond donors (Lipinski definition) is 3. The second kappa shape index (κ2) is 17.3. The van der Waals surface area contributed by atoms with Gasteiger partial charge in [-0.3, -0.25) is 14.4 Å². The van der Waals surface area contributed by atoms with E-state index < -0.39 is 63.5 Å². The van der Waals surface area contributed by atoms with Crippen LogP contribution in [0.25, 0.3) is 21.6 Å². The largest absolute Gasteiger partial charge is 0.471 e. The van der Waals surface area contributed by atoms with Crippen molar-refractivity contribution in [2.45, 2.75) is 105 Å². The second-order valence-corrected chi connectivity index (χ2v) is 18.6. The zero-order valence-electron chi connectivity index (χ0n) is 32.2. The lowest BCUT2D eigenvalue weighted by atomic mass is 10.0. The number of thiophene rings is 1. The minimum atomic E-state index is -4.34. The van der Waals surface area contributed by atoms with Crippen molar-refractivity contribution in [3.05, 3.63) is 83.2 Å². The molecule has 4 amide bonds. The first kappa shape index (κ1) is 40.7. The van der Waals surface area contributed by atoms with Crippen LogP contribution in [0.3, 0.4) is 0 Å². The number of nitrogens with zero attached hydrogens (tertiary/aromatic N) is 3. The number of halogens is 1. The summed E-state index contributed by atoms with van der Waals surface area (Å²) >= 11 is 7.45. The van der Waals surface area contributed by atoms with Crippen molar-refractivity contribution in [3.8, 4) is 16.5 Å². The smallest absolute Gasteiger partial charge is 0.408 e. The van der Waals surface area contributed by atoms with Gasteiger partial charge in [0.2, 0.25) is 17.7 Å². The molecule has 3 fully saturated rings. The summed E-state index contributed by atoms with van der Waals surface area (Å²) < 4.78 is 41.2. The molecule has 1 unspecified atom stereocenters. The van der Waals surface area contributed by atoms with Crippen LogP contribution in [-0.2, 0) is 29.1 Å². The molecule has 5 atom stereocenters. The number of amides is 4. The van der Waals surface area contributed by atoms with E-state index in [1.807, 2.05) is 53.9 Å². The average molecular weight is 861 g/mol. The van der Waals surface area contributed by atoms with Crippen LogP contribution >= 0.6 is 22.9 Å². The number of benzene rings is 2. The fourth-order valence-electron chi connectivity index (χ4n) is 8.18. The van der Waals surface area contributed by atoms with Crippen molar-refractivity contribution in [3.63, 3.8) is 0 Å². The number of carbonyl (C=O) groups excluding carboxylic acids is 4. The third-order valence-electron chi connectivity index (χ3n) is 11.4. The van der Waals surface area contributed by atoms with Gasteiger partial charge in [-0.2, -0.15) is 0 Å². The monoisotopic (exact) mass is 860 g/mol. The molecule has 14 nitrogen and oxygen atoms in total. The van der Waals surface area contributed by atoms with Crippen LogP contribution in [0.4, 0.5) is 4.79 Å². The first-order valence-electron chi connectivity index (χ1n) is 20.1. The third kappa shape index (κ3) is 9.09. The van der Waals surface area contributed by atoms with Gasteiger partial charge >= 0.3 is 6.09 Å². The van der Waals surface area contributed by atoms with Crippen LogP contribution in [0.5, 0.6) is 5.88 Å². The summed E-state index contributed by atoms with van der Waals surface area (Å²) in [6.07, 6.45) is 8.83. The number of rotatable bonds is 8. The van der Waals surface area contributed by atoms with Gasteiger partial charge in [0.25, 0.3) is 15.9 Å². The number of nitrogens with one attached hydrogen (secondary N) is 3. The first-order chi connectivity index (χ1) is 28.5. The minimum Gasteiger partial charge on any atom is -0.471 e. The highest BCUT2D eigenvalue weighted by Gasteiger charge is 2.61.